The van der Waals surface area contributed by atoms with E-state index in [-0.39, 0.29) is 5.82 Å². The van der Waals surface area contributed by atoms with Crippen LogP contribution in [0.3, 0.4) is 0 Å². The van der Waals surface area contributed by atoms with Gasteiger partial charge in [-0.2, -0.15) is 0 Å². The maximum atomic E-state index is 12.8. The monoisotopic (exact) mass is 456 g/mol. The Morgan fingerprint density at radius 1 is 0.933 bits per heavy atom. The number of nitrogens with zero attached hydrogens (tertiary/aromatic N) is 3. The zero-order valence-corrected chi connectivity index (χ0v) is 18.0. The molecule has 5 nitrogen and oxygen atoms in total. The van der Waals surface area contributed by atoms with Gasteiger partial charge in [-0.1, -0.05) is 64.6 Å². The molecule has 4 rings (SSSR count). The lowest BCUT2D eigenvalue weighted by molar-refractivity contribution is 0.101. The molecular weight excluding hydrogens is 443 g/mol. The highest BCUT2D eigenvalue weighted by Crippen LogP contribution is 2.26. The summed E-state index contributed by atoms with van der Waals surface area (Å²) >= 11 is 18.1. The van der Waals surface area contributed by atoms with Crippen LogP contribution in [0.4, 0.5) is 5.69 Å². The van der Waals surface area contributed by atoms with Crippen LogP contribution in [0.2, 0.25) is 15.1 Å². The number of nitrogens with one attached hydrogen (secondary N) is 1. The van der Waals surface area contributed by atoms with Gasteiger partial charge in [0.05, 0.1) is 15.7 Å². The second kappa shape index (κ2) is 8.48. The molecule has 3 aromatic carbocycles. The van der Waals surface area contributed by atoms with E-state index in [0.717, 1.165) is 16.8 Å². The average molecular weight is 458 g/mol. The fourth-order valence-corrected chi connectivity index (χ4v) is 3.34. The molecule has 0 saturated heterocycles. The van der Waals surface area contributed by atoms with Crippen LogP contribution in [-0.2, 0) is 0 Å². The number of aryl methyl sites for hydroxylation is 1. The van der Waals surface area contributed by atoms with Crippen LogP contribution in [0.25, 0.3) is 17.1 Å². The van der Waals surface area contributed by atoms with Crippen molar-refractivity contribution in [2.75, 3.05) is 5.32 Å². The minimum absolute atomic E-state index is 0.0108. The normalized spacial score (nSPS) is 10.8. The number of carbonyl (C=O) groups is 1. The summed E-state index contributed by atoms with van der Waals surface area (Å²) in [4.78, 5) is 17.3. The number of benzene rings is 3. The number of rotatable bonds is 4. The van der Waals surface area contributed by atoms with Crippen molar-refractivity contribution in [3.63, 3.8) is 0 Å². The molecule has 1 heterocycles. The SMILES string of the molecule is Cc1ccc(-n2nc(C(=O)Nc3ccc(Cl)c(Cl)c3)nc2-c2cccc(Cl)c2)cc1. The molecule has 1 aromatic heterocycles. The number of halogens is 3. The molecule has 0 saturated carbocycles. The predicted molar refractivity (Wildman–Crippen MR) is 121 cm³/mol. The third-order valence-corrected chi connectivity index (χ3v) is 5.32. The van der Waals surface area contributed by atoms with Crippen LogP contribution in [0.15, 0.2) is 66.7 Å². The molecule has 0 unspecified atom stereocenters. The second-order valence-corrected chi connectivity index (χ2v) is 7.85. The van der Waals surface area contributed by atoms with Crippen LogP contribution in [0.5, 0.6) is 0 Å². The number of hydrogen-bond donors (Lipinski definition) is 1. The highest BCUT2D eigenvalue weighted by Gasteiger charge is 2.19. The van der Waals surface area contributed by atoms with E-state index in [1.54, 1.807) is 35.0 Å². The van der Waals surface area contributed by atoms with Crippen molar-refractivity contribution in [3.05, 3.63) is 93.2 Å². The van der Waals surface area contributed by atoms with Gasteiger partial charge in [-0.15, -0.1) is 5.10 Å². The van der Waals surface area contributed by atoms with E-state index in [1.807, 2.05) is 43.3 Å². The lowest BCUT2D eigenvalue weighted by Crippen LogP contribution is -2.14. The van der Waals surface area contributed by atoms with E-state index in [9.17, 15) is 4.79 Å². The Kier molecular flexibility index (Phi) is 5.77. The molecule has 0 aliphatic carbocycles. The van der Waals surface area contributed by atoms with E-state index in [4.69, 9.17) is 34.8 Å². The summed E-state index contributed by atoms with van der Waals surface area (Å²) in [7, 11) is 0. The third kappa shape index (κ3) is 4.33. The molecule has 1 N–H and O–H groups in total. The van der Waals surface area contributed by atoms with Gasteiger partial charge in [0.2, 0.25) is 5.82 Å². The van der Waals surface area contributed by atoms with Gasteiger partial charge >= 0.3 is 0 Å². The second-order valence-electron chi connectivity index (χ2n) is 6.60. The molecule has 1 amide bonds. The van der Waals surface area contributed by atoms with Crippen molar-refractivity contribution >= 4 is 46.4 Å². The minimum atomic E-state index is -0.470. The maximum absolute atomic E-state index is 12.8. The highest BCUT2D eigenvalue weighted by molar-refractivity contribution is 6.42. The topological polar surface area (TPSA) is 59.8 Å². The summed E-state index contributed by atoms with van der Waals surface area (Å²) in [5.41, 5.74) is 3.12. The van der Waals surface area contributed by atoms with Crippen molar-refractivity contribution in [1.82, 2.24) is 14.8 Å². The van der Waals surface area contributed by atoms with Crippen LogP contribution in [-0.4, -0.2) is 20.7 Å². The summed E-state index contributed by atoms with van der Waals surface area (Å²) in [6.45, 7) is 2.00. The van der Waals surface area contributed by atoms with E-state index < -0.39 is 5.91 Å². The summed E-state index contributed by atoms with van der Waals surface area (Å²) in [6, 6.07) is 19.8. The molecular formula is C22H15Cl3N4O. The van der Waals surface area contributed by atoms with Crippen molar-refractivity contribution < 1.29 is 4.79 Å². The molecule has 150 valence electrons. The van der Waals surface area contributed by atoms with Gasteiger partial charge in [-0.05, 0) is 49.4 Å². The molecule has 0 bridgehead atoms. The maximum Gasteiger partial charge on any atom is 0.295 e. The first kappa shape index (κ1) is 20.4. The first-order valence-corrected chi connectivity index (χ1v) is 10.1. The Morgan fingerprint density at radius 2 is 1.70 bits per heavy atom. The van der Waals surface area contributed by atoms with Crippen LogP contribution >= 0.6 is 34.8 Å². The summed E-state index contributed by atoms with van der Waals surface area (Å²) in [5, 5.41) is 8.49. The zero-order chi connectivity index (χ0) is 21.3. The van der Waals surface area contributed by atoms with Gasteiger partial charge in [-0.25, -0.2) is 9.67 Å². The predicted octanol–water partition coefficient (Wildman–Crippen LogP) is 6.46. The first-order chi connectivity index (χ1) is 14.4. The molecule has 8 heteroatoms. The van der Waals surface area contributed by atoms with Crippen LogP contribution < -0.4 is 5.32 Å². The van der Waals surface area contributed by atoms with Crippen molar-refractivity contribution in [3.8, 4) is 17.1 Å². The van der Waals surface area contributed by atoms with Crippen molar-refractivity contribution in [2.24, 2.45) is 0 Å². The number of aromatic nitrogens is 3. The molecule has 0 radical (unpaired) electrons. The quantitative estimate of drug-likeness (QED) is 0.383. The van der Waals surface area contributed by atoms with Gasteiger partial charge in [0.15, 0.2) is 5.82 Å². The molecule has 0 aliphatic rings. The number of carbonyl (C=O) groups excluding carboxylic acids is 1. The molecule has 0 spiro atoms. The number of amides is 1. The van der Waals surface area contributed by atoms with E-state index in [0.29, 0.717) is 26.6 Å². The standard InChI is InChI=1S/C22H15Cl3N4O/c1-13-5-8-17(9-6-13)29-21(14-3-2-4-15(23)11-14)27-20(28-29)22(30)26-16-7-10-18(24)19(25)12-16/h2-12H,1H3,(H,26,30). The minimum Gasteiger partial charge on any atom is -0.319 e. The third-order valence-electron chi connectivity index (χ3n) is 4.35. The Morgan fingerprint density at radius 3 is 2.40 bits per heavy atom. The largest absolute Gasteiger partial charge is 0.319 e. The fraction of sp³-hybridized carbons (Fsp3) is 0.0455. The van der Waals surface area contributed by atoms with E-state index in [1.165, 1.54) is 0 Å². The molecule has 0 atom stereocenters. The van der Waals surface area contributed by atoms with Crippen LogP contribution in [0, 0.1) is 6.92 Å². The summed E-state index contributed by atoms with van der Waals surface area (Å²) in [5.74, 6) is 0.0415. The highest BCUT2D eigenvalue weighted by atomic mass is 35.5. The molecule has 0 fully saturated rings. The first-order valence-electron chi connectivity index (χ1n) is 8.97. The smallest absolute Gasteiger partial charge is 0.295 e. The zero-order valence-electron chi connectivity index (χ0n) is 15.7. The van der Waals surface area contributed by atoms with Gasteiger partial charge in [0.25, 0.3) is 5.91 Å². The fourth-order valence-electron chi connectivity index (χ4n) is 2.85. The number of hydrogen-bond acceptors (Lipinski definition) is 3. The van der Waals surface area contributed by atoms with Crippen molar-refractivity contribution in [2.45, 2.75) is 6.92 Å². The number of anilines is 1. The summed E-state index contributed by atoms with van der Waals surface area (Å²) < 4.78 is 1.62. The van der Waals surface area contributed by atoms with Crippen LogP contribution in [0.1, 0.15) is 16.2 Å². The van der Waals surface area contributed by atoms with E-state index in [2.05, 4.69) is 15.4 Å². The lowest BCUT2D eigenvalue weighted by atomic mass is 10.2. The van der Waals surface area contributed by atoms with Gasteiger partial charge in [-0.3, -0.25) is 4.79 Å². The van der Waals surface area contributed by atoms with Crippen molar-refractivity contribution in [1.29, 1.82) is 0 Å². The Balaban J connectivity index is 1.75. The van der Waals surface area contributed by atoms with Gasteiger partial charge in [0.1, 0.15) is 0 Å². The Hall–Kier alpha value is -2.86. The summed E-state index contributed by atoms with van der Waals surface area (Å²) in [6.07, 6.45) is 0. The molecule has 4 aromatic rings. The molecule has 0 aliphatic heterocycles. The lowest BCUT2D eigenvalue weighted by Gasteiger charge is -2.06. The van der Waals surface area contributed by atoms with E-state index >= 15 is 0 Å². The molecule has 30 heavy (non-hydrogen) atoms. The van der Waals surface area contributed by atoms with Gasteiger partial charge in [0, 0.05) is 16.3 Å². The Labute approximate surface area is 188 Å². The Bertz CT molecular complexity index is 1240. The van der Waals surface area contributed by atoms with Gasteiger partial charge < -0.3 is 5.32 Å². The average Bonchev–Trinajstić information content (AvgIpc) is 3.17.